The van der Waals surface area contributed by atoms with Crippen molar-refractivity contribution >= 4 is 46.7 Å². The first kappa shape index (κ1) is 49.6. The average Bonchev–Trinajstić information content (AvgIpc) is 3.59. The number of nitrogens with zero attached hydrogens (tertiary/aromatic N) is 1. The number of ketones is 4. The Morgan fingerprint density at radius 1 is 0.985 bits per heavy atom. The fraction of sp³-hybridized carbons (Fsp3) is 0.617. The van der Waals surface area contributed by atoms with Gasteiger partial charge in [0.15, 0.2) is 23.6 Å². The van der Waals surface area contributed by atoms with Gasteiger partial charge in [-0.05, 0) is 57.4 Å². The monoisotopic (exact) mass is 939 g/mol. The summed E-state index contributed by atoms with van der Waals surface area (Å²) in [5, 5.41) is 45.5. The lowest BCUT2D eigenvalue weighted by Gasteiger charge is -2.41. The molecule has 3 saturated heterocycles. The summed E-state index contributed by atoms with van der Waals surface area (Å²) in [5.41, 5.74) is 1.78. The molecule has 7 atom stereocenters. The number of carbonyl (C=O) groups is 6. The number of hydrogen-bond donors (Lipinski definition) is 6. The number of ether oxygens (including phenoxy) is 5. The fourth-order valence-electron chi connectivity index (χ4n) is 10.0. The molecule has 4 fully saturated rings. The van der Waals surface area contributed by atoms with Crippen molar-refractivity contribution in [3.63, 3.8) is 0 Å². The number of hydrogen-bond acceptors (Lipinski definition) is 18. The Morgan fingerprint density at radius 2 is 1.71 bits per heavy atom. The second kappa shape index (κ2) is 20.5. The van der Waals surface area contributed by atoms with Crippen LogP contribution in [0.25, 0.3) is 0 Å². The Hall–Kier alpha value is -4.31. The number of likely N-dealkylation sites (tertiary alicyclic amines) is 1. The van der Waals surface area contributed by atoms with Crippen molar-refractivity contribution in [2.24, 2.45) is 17.6 Å². The number of nitrogens with one attached hydrogen (secondary N) is 1. The summed E-state index contributed by atoms with van der Waals surface area (Å²) in [7, 11) is 2.34. The van der Waals surface area contributed by atoms with E-state index in [2.05, 4.69) is 5.32 Å². The maximum atomic E-state index is 14.2. The fourth-order valence-corrected chi connectivity index (χ4v) is 11.2. The highest BCUT2D eigenvalue weighted by Crippen LogP contribution is 2.53. The second-order valence-electron chi connectivity index (χ2n) is 18.2. The molecule has 360 valence electrons. The molecule has 3 heterocycles. The number of morpholine rings is 1. The lowest BCUT2D eigenvalue weighted by molar-refractivity contribution is -0.233. The van der Waals surface area contributed by atoms with E-state index in [4.69, 9.17) is 34.5 Å². The van der Waals surface area contributed by atoms with Crippen molar-refractivity contribution in [2.75, 3.05) is 52.9 Å². The summed E-state index contributed by atoms with van der Waals surface area (Å²) in [6.07, 6.45) is -0.0293. The molecular weight excluding hydrogens is 879 g/mol. The Balaban J connectivity index is 0.00000320. The van der Waals surface area contributed by atoms with E-state index in [1.54, 1.807) is 6.92 Å². The molecule has 2 aromatic carbocycles. The van der Waals surface area contributed by atoms with Crippen LogP contribution in [0.3, 0.4) is 0 Å². The quantitative estimate of drug-likeness (QED) is 0.100. The van der Waals surface area contributed by atoms with Crippen molar-refractivity contribution in [1.82, 2.24) is 10.2 Å². The van der Waals surface area contributed by atoms with E-state index in [0.29, 0.717) is 64.7 Å². The number of imide groups is 1. The number of aliphatic hydroxyl groups excluding tert-OH is 1. The van der Waals surface area contributed by atoms with Gasteiger partial charge in [-0.1, -0.05) is 19.1 Å². The second-order valence-corrected chi connectivity index (χ2v) is 19.3. The van der Waals surface area contributed by atoms with Crippen LogP contribution in [0.2, 0.25) is 0 Å². The molecule has 3 aliphatic heterocycles. The average molecular weight is 940 g/mol. The molecule has 6 aliphatic rings. The van der Waals surface area contributed by atoms with Gasteiger partial charge in [-0.3, -0.25) is 39.0 Å². The topological polar surface area (TPSA) is 271 Å². The number of fused-ring (bicyclic) bond motifs is 3. The van der Waals surface area contributed by atoms with E-state index < -0.39 is 93.3 Å². The Morgan fingerprint density at radius 3 is 2.36 bits per heavy atom. The van der Waals surface area contributed by atoms with Crippen LogP contribution in [-0.4, -0.2) is 148 Å². The number of Topliss-reactive ketones (excluding diaryl/α,β-unsaturated/α-hetero) is 2. The molecule has 2 amide bonds. The summed E-state index contributed by atoms with van der Waals surface area (Å²) in [4.78, 5) is 83.4. The van der Waals surface area contributed by atoms with E-state index in [1.165, 1.54) is 30.2 Å². The first-order valence-electron chi connectivity index (χ1n) is 22.6. The summed E-state index contributed by atoms with van der Waals surface area (Å²) in [5.74, 6) is -4.77. The molecule has 19 heteroatoms. The van der Waals surface area contributed by atoms with Crippen LogP contribution < -0.4 is 15.8 Å². The number of benzene rings is 2. The number of rotatable bonds is 14. The van der Waals surface area contributed by atoms with Gasteiger partial charge in [0.1, 0.15) is 29.1 Å². The third-order valence-corrected chi connectivity index (χ3v) is 15.1. The van der Waals surface area contributed by atoms with E-state index in [1.807, 2.05) is 6.92 Å². The molecule has 3 aliphatic carbocycles. The van der Waals surface area contributed by atoms with E-state index in [-0.39, 0.29) is 83.4 Å². The summed E-state index contributed by atoms with van der Waals surface area (Å²) >= 11 is 0.935. The lowest BCUT2D eigenvalue weighted by atomic mass is 9.72. The minimum Gasteiger partial charge on any atom is -0.507 e. The largest absolute Gasteiger partial charge is 0.507 e. The standard InChI is InChI=1S/C46H57N3O14S.CH4O/c1-4-45(2,47)43(56)24-10-8-23(9-11-24)19-49-33(51)16-30(44(49)57)64-22-31(50)46(58)17-27-36(29(18-46)63-34-13-12-25(20-61-34)62-32-21-60-15-14-48-32)42(55)38-37(40(27)53)39(52)26-6-5-7-28(59-3)35(26)41(38)54;1-2/h5-7,23-25,29-30,32,34,48,53,55,58H,4,8-22,47H2,1-3H3;2H,1H3/t23?,24?,25-,29-,30?,32+,34-,45?,46-;/m0./s1. The SMILES string of the molecule is CCC(C)(N)C(=O)C1CCC(CN2C(=O)CC(SCC(=O)[C@]3(O)Cc4c(O)c5c(c(O)c4[C@@H](O[C@H]4CC[C@H](O[C@@H]6COCCN6)CO4)C3)C(=O)c3c(OC)cccc3C5=O)C2=O)CC1.CO. The van der Waals surface area contributed by atoms with E-state index in [9.17, 15) is 44.1 Å². The summed E-state index contributed by atoms with van der Waals surface area (Å²) in [6.45, 7) is 5.58. The number of amides is 2. The van der Waals surface area contributed by atoms with Gasteiger partial charge in [0, 0.05) is 68.5 Å². The van der Waals surface area contributed by atoms with Gasteiger partial charge in [0.05, 0.1) is 72.4 Å². The van der Waals surface area contributed by atoms with Crippen molar-refractivity contribution in [3.8, 4) is 17.2 Å². The third kappa shape index (κ3) is 9.69. The molecule has 7 N–H and O–H groups in total. The summed E-state index contributed by atoms with van der Waals surface area (Å²) in [6, 6.07) is 4.42. The number of phenolic OH excluding ortho intramolecular Hbond substituents is 2. The maximum Gasteiger partial charge on any atom is 0.242 e. The molecule has 0 bridgehead atoms. The molecule has 0 aromatic heterocycles. The number of thioether (sulfide) groups is 1. The minimum absolute atomic E-state index is 0.0236. The van der Waals surface area contributed by atoms with Gasteiger partial charge in [0.25, 0.3) is 0 Å². The van der Waals surface area contributed by atoms with Crippen molar-refractivity contribution in [1.29, 1.82) is 0 Å². The number of carbonyl (C=O) groups excluding carboxylic acids is 6. The van der Waals surface area contributed by atoms with Crippen LogP contribution in [0.5, 0.6) is 17.2 Å². The number of aromatic hydroxyl groups is 2. The molecule has 8 rings (SSSR count). The Bertz CT molecular complexity index is 2210. The highest BCUT2D eigenvalue weighted by molar-refractivity contribution is 8.01. The Kier molecular flexibility index (Phi) is 15.4. The highest BCUT2D eigenvalue weighted by atomic mass is 32.2. The molecule has 2 aromatic rings. The normalized spacial score (nSPS) is 29.5. The molecule has 0 radical (unpaired) electrons. The first-order chi connectivity index (χ1) is 31.5. The first-order valence-corrected chi connectivity index (χ1v) is 23.7. The van der Waals surface area contributed by atoms with Gasteiger partial charge in [-0.15, -0.1) is 11.8 Å². The van der Waals surface area contributed by atoms with Gasteiger partial charge in [0.2, 0.25) is 17.6 Å². The Labute approximate surface area is 387 Å². The number of aliphatic hydroxyl groups is 2. The molecular formula is C47H61N3O15S. The predicted octanol–water partition coefficient (Wildman–Crippen LogP) is 2.63. The number of nitrogens with two attached hydrogens (primary N) is 1. The van der Waals surface area contributed by atoms with Crippen molar-refractivity contribution in [2.45, 2.75) is 119 Å². The van der Waals surface area contributed by atoms with Crippen LogP contribution in [0.1, 0.15) is 121 Å². The van der Waals surface area contributed by atoms with Gasteiger partial charge in [-0.2, -0.15) is 0 Å². The zero-order valence-electron chi connectivity index (χ0n) is 37.8. The van der Waals surface area contributed by atoms with Crippen LogP contribution in [0.4, 0.5) is 0 Å². The maximum absolute atomic E-state index is 14.2. The van der Waals surface area contributed by atoms with Crippen LogP contribution in [0, 0.1) is 11.8 Å². The number of phenols is 2. The summed E-state index contributed by atoms with van der Waals surface area (Å²) < 4.78 is 29.4. The van der Waals surface area contributed by atoms with Crippen LogP contribution >= 0.6 is 11.8 Å². The van der Waals surface area contributed by atoms with E-state index >= 15 is 0 Å². The molecule has 2 unspecified atom stereocenters. The van der Waals surface area contributed by atoms with Gasteiger partial charge >= 0.3 is 0 Å². The molecule has 18 nitrogen and oxygen atoms in total. The van der Waals surface area contributed by atoms with Crippen molar-refractivity contribution < 1.29 is 72.9 Å². The smallest absolute Gasteiger partial charge is 0.242 e. The predicted molar refractivity (Wildman–Crippen MR) is 237 cm³/mol. The van der Waals surface area contributed by atoms with E-state index in [0.717, 1.165) is 18.9 Å². The van der Waals surface area contributed by atoms with Crippen LogP contribution in [-0.2, 0) is 44.5 Å². The molecule has 1 saturated carbocycles. The third-order valence-electron chi connectivity index (χ3n) is 13.9. The van der Waals surface area contributed by atoms with Crippen molar-refractivity contribution in [3.05, 3.63) is 51.6 Å². The zero-order chi connectivity index (χ0) is 47.7. The highest BCUT2D eigenvalue weighted by Gasteiger charge is 2.51. The van der Waals surface area contributed by atoms with Gasteiger partial charge in [-0.25, -0.2) is 0 Å². The number of methoxy groups -OCH3 is 1. The van der Waals surface area contributed by atoms with Gasteiger partial charge < -0.3 is 49.8 Å². The van der Waals surface area contributed by atoms with Crippen LogP contribution in [0.15, 0.2) is 18.2 Å². The minimum atomic E-state index is -2.25. The zero-order valence-corrected chi connectivity index (χ0v) is 38.6. The molecule has 66 heavy (non-hydrogen) atoms. The molecule has 0 spiro atoms. The lowest BCUT2D eigenvalue weighted by Crippen LogP contribution is -2.48.